The second-order valence-corrected chi connectivity index (χ2v) is 8.88. The van der Waals surface area contributed by atoms with Crippen LogP contribution in [0.4, 0.5) is 0 Å². The van der Waals surface area contributed by atoms with E-state index < -0.39 is 0 Å². The summed E-state index contributed by atoms with van der Waals surface area (Å²) in [6.45, 7) is 7.90. The molecule has 1 atom stereocenters. The number of benzene rings is 1. The van der Waals surface area contributed by atoms with Gasteiger partial charge in [-0.15, -0.1) is 35.3 Å². The van der Waals surface area contributed by atoms with E-state index in [2.05, 4.69) is 83.2 Å². The molecule has 0 amide bonds. The van der Waals surface area contributed by atoms with E-state index in [-0.39, 0.29) is 24.0 Å². The molecular formula is C23H36IN5S. The average molecular weight is 542 g/mol. The molecule has 0 aliphatic carbocycles. The molecule has 2 aromatic rings. The Morgan fingerprint density at radius 3 is 2.40 bits per heavy atom. The van der Waals surface area contributed by atoms with Gasteiger partial charge in [0.25, 0.3) is 0 Å². The van der Waals surface area contributed by atoms with Crippen molar-refractivity contribution in [2.75, 3.05) is 40.3 Å². The van der Waals surface area contributed by atoms with Gasteiger partial charge in [0.1, 0.15) is 0 Å². The summed E-state index contributed by atoms with van der Waals surface area (Å²) in [6.07, 6.45) is 2.61. The Morgan fingerprint density at radius 1 is 1.10 bits per heavy atom. The molecule has 2 heterocycles. The Labute approximate surface area is 203 Å². The monoisotopic (exact) mass is 541 g/mol. The van der Waals surface area contributed by atoms with E-state index in [4.69, 9.17) is 4.99 Å². The van der Waals surface area contributed by atoms with Crippen molar-refractivity contribution >= 4 is 41.3 Å². The normalized spacial score (nSPS) is 15.8. The summed E-state index contributed by atoms with van der Waals surface area (Å²) in [5.41, 5.74) is 2.57. The van der Waals surface area contributed by atoms with Crippen molar-refractivity contribution in [3.63, 3.8) is 0 Å². The molecule has 1 fully saturated rings. The van der Waals surface area contributed by atoms with Crippen LogP contribution in [0.3, 0.4) is 0 Å². The first kappa shape index (κ1) is 25.1. The summed E-state index contributed by atoms with van der Waals surface area (Å²) in [5, 5.41) is 9.17. The lowest BCUT2D eigenvalue weighted by molar-refractivity contribution is 0.249. The minimum Gasteiger partial charge on any atom is -0.357 e. The Kier molecular flexibility index (Phi) is 11.1. The summed E-state index contributed by atoms with van der Waals surface area (Å²) >= 11 is 1.85. The van der Waals surface area contributed by atoms with Crippen LogP contribution in [0.5, 0.6) is 0 Å². The lowest BCUT2D eigenvalue weighted by atomic mass is 10.1. The van der Waals surface area contributed by atoms with Crippen molar-refractivity contribution in [2.24, 2.45) is 4.99 Å². The van der Waals surface area contributed by atoms with Gasteiger partial charge in [0.2, 0.25) is 0 Å². The number of nitrogens with zero attached hydrogens (tertiary/aromatic N) is 3. The molecule has 1 aromatic carbocycles. The van der Waals surface area contributed by atoms with E-state index in [1.165, 1.54) is 41.9 Å². The molecule has 30 heavy (non-hydrogen) atoms. The van der Waals surface area contributed by atoms with E-state index >= 15 is 0 Å². The Bertz CT molecular complexity index is 739. The molecule has 1 aliphatic rings. The summed E-state index contributed by atoms with van der Waals surface area (Å²) in [5.74, 6) is 0.894. The first-order valence-corrected chi connectivity index (χ1v) is 11.6. The number of likely N-dealkylation sites (tertiary alicyclic amines) is 1. The number of hydrogen-bond donors (Lipinski definition) is 2. The van der Waals surface area contributed by atoms with Gasteiger partial charge in [-0.25, -0.2) is 4.99 Å². The number of hydrogen-bond acceptors (Lipinski definition) is 4. The second-order valence-electron chi connectivity index (χ2n) is 7.90. The molecule has 7 heteroatoms. The van der Waals surface area contributed by atoms with E-state index in [9.17, 15) is 0 Å². The van der Waals surface area contributed by atoms with Crippen molar-refractivity contribution in [2.45, 2.75) is 38.9 Å². The summed E-state index contributed by atoms with van der Waals surface area (Å²) in [6, 6.07) is 13.6. The second kappa shape index (κ2) is 13.3. The van der Waals surface area contributed by atoms with Crippen molar-refractivity contribution < 1.29 is 0 Å². The third-order valence-electron chi connectivity index (χ3n) is 5.20. The number of rotatable bonds is 9. The van der Waals surface area contributed by atoms with Crippen LogP contribution in [0, 0.1) is 0 Å². The fourth-order valence-corrected chi connectivity index (χ4v) is 4.63. The Hall–Kier alpha value is -1.16. The lowest BCUT2D eigenvalue weighted by Crippen LogP contribution is -2.42. The first-order valence-electron chi connectivity index (χ1n) is 10.7. The maximum absolute atomic E-state index is 4.82. The van der Waals surface area contributed by atoms with Crippen molar-refractivity contribution in [1.29, 1.82) is 0 Å². The smallest absolute Gasteiger partial charge is 0.191 e. The van der Waals surface area contributed by atoms with Gasteiger partial charge in [-0.2, -0.15) is 0 Å². The standard InChI is InChI=1S/C23H35N5S.HI/c1-4-24-23(25-16-19-9-11-20(12-10-19)18-27(2)3)26-17-21(22-8-7-15-29-22)28-13-5-6-14-28;/h7-12,15,21H,4-6,13-14,16-18H2,1-3H3,(H2,24,25,26);1H. The summed E-state index contributed by atoms with van der Waals surface area (Å²) in [4.78, 5) is 11.0. The first-order chi connectivity index (χ1) is 14.2. The van der Waals surface area contributed by atoms with Crippen LogP contribution in [0.25, 0.3) is 0 Å². The van der Waals surface area contributed by atoms with E-state index in [0.29, 0.717) is 12.6 Å². The third-order valence-corrected chi connectivity index (χ3v) is 6.18. The molecular weight excluding hydrogens is 505 g/mol. The zero-order valence-corrected chi connectivity index (χ0v) is 21.6. The Morgan fingerprint density at radius 2 is 1.80 bits per heavy atom. The highest BCUT2D eigenvalue weighted by Gasteiger charge is 2.24. The largest absolute Gasteiger partial charge is 0.357 e. The molecule has 5 nitrogen and oxygen atoms in total. The van der Waals surface area contributed by atoms with Gasteiger partial charge in [0.05, 0.1) is 12.6 Å². The van der Waals surface area contributed by atoms with Crippen LogP contribution in [-0.2, 0) is 13.1 Å². The fourth-order valence-electron chi connectivity index (χ4n) is 3.76. The van der Waals surface area contributed by atoms with Crippen LogP contribution < -0.4 is 10.6 Å². The molecule has 2 N–H and O–H groups in total. The van der Waals surface area contributed by atoms with Crippen LogP contribution >= 0.6 is 35.3 Å². The van der Waals surface area contributed by atoms with Crippen LogP contribution in [-0.4, -0.2) is 56.0 Å². The molecule has 0 saturated carbocycles. The molecule has 3 rings (SSSR count). The molecule has 1 unspecified atom stereocenters. The Balaban J connectivity index is 0.00000320. The number of aliphatic imine (C=N–C) groups is 1. The fraction of sp³-hybridized carbons (Fsp3) is 0.522. The topological polar surface area (TPSA) is 42.9 Å². The molecule has 1 aromatic heterocycles. The summed E-state index contributed by atoms with van der Waals surface area (Å²) < 4.78 is 0. The third kappa shape index (κ3) is 7.83. The van der Waals surface area contributed by atoms with Gasteiger partial charge in [-0.3, -0.25) is 4.90 Å². The number of thiophene rings is 1. The molecule has 1 saturated heterocycles. The van der Waals surface area contributed by atoms with E-state index in [0.717, 1.165) is 25.6 Å². The highest BCUT2D eigenvalue weighted by molar-refractivity contribution is 14.0. The van der Waals surface area contributed by atoms with Crippen molar-refractivity contribution in [1.82, 2.24) is 20.4 Å². The minimum absolute atomic E-state index is 0. The van der Waals surface area contributed by atoms with Crippen molar-refractivity contribution in [3.05, 3.63) is 57.8 Å². The summed E-state index contributed by atoms with van der Waals surface area (Å²) in [7, 11) is 4.19. The molecule has 0 bridgehead atoms. The highest BCUT2D eigenvalue weighted by Crippen LogP contribution is 2.27. The predicted molar refractivity (Wildman–Crippen MR) is 140 cm³/mol. The number of guanidine groups is 1. The van der Waals surface area contributed by atoms with Gasteiger partial charge < -0.3 is 15.5 Å². The molecule has 166 valence electrons. The zero-order valence-electron chi connectivity index (χ0n) is 18.4. The van der Waals surface area contributed by atoms with Gasteiger partial charge in [0, 0.05) is 24.5 Å². The van der Waals surface area contributed by atoms with Crippen LogP contribution in [0.15, 0.2) is 46.8 Å². The quantitative estimate of drug-likeness (QED) is 0.282. The van der Waals surface area contributed by atoms with Crippen LogP contribution in [0.1, 0.15) is 41.8 Å². The lowest BCUT2D eigenvalue weighted by Gasteiger charge is -2.27. The maximum Gasteiger partial charge on any atom is 0.191 e. The maximum atomic E-state index is 4.82. The zero-order chi connectivity index (χ0) is 20.5. The van der Waals surface area contributed by atoms with Gasteiger partial charge in [-0.05, 0) is 69.5 Å². The average Bonchev–Trinajstić information content (AvgIpc) is 3.42. The van der Waals surface area contributed by atoms with Crippen molar-refractivity contribution in [3.8, 4) is 0 Å². The van der Waals surface area contributed by atoms with Gasteiger partial charge in [0.15, 0.2) is 5.96 Å². The van der Waals surface area contributed by atoms with Gasteiger partial charge >= 0.3 is 0 Å². The molecule has 0 radical (unpaired) electrons. The van der Waals surface area contributed by atoms with Gasteiger partial charge in [-0.1, -0.05) is 30.3 Å². The molecule has 1 aliphatic heterocycles. The predicted octanol–water partition coefficient (Wildman–Crippen LogP) is 4.32. The van der Waals surface area contributed by atoms with E-state index in [1.807, 2.05) is 11.3 Å². The SMILES string of the molecule is CCNC(=NCc1ccc(CN(C)C)cc1)NCC(c1cccs1)N1CCCC1.I. The molecule has 0 spiro atoms. The van der Waals surface area contributed by atoms with E-state index in [1.54, 1.807) is 0 Å². The highest BCUT2D eigenvalue weighted by atomic mass is 127. The number of halogens is 1. The minimum atomic E-state index is 0. The number of nitrogens with one attached hydrogen (secondary N) is 2. The van der Waals surface area contributed by atoms with Crippen LogP contribution in [0.2, 0.25) is 0 Å².